The second-order valence-electron chi connectivity index (χ2n) is 7.47. The maximum Gasteiger partial charge on any atom is 0.226 e. The van der Waals surface area contributed by atoms with Crippen LogP contribution in [0.3, 0.4) is 0 Å². The van der Waals surface area contributed by atoms with Crippen LogP contribution in [-0.2, 0) is 0 Å². The predicted molar refractivity (Wildman–Crippen MR) is 127 cm³/mol. The molecule has 5 rings (SSSR count). The van der Waals surface area contributed by atoms with Crippen LogP contribution >= 0.6 is 11.6 Å². The zero-order chi connectivity index (χ0) is 21.0. The van der Waals surface area contributed by atoms with Gasteiger partial charge in [0.2, 0.25) is 5.28 Å². The van der Waals surface area contributed by atoms with E-state index in [9.17, 15) is 0 Å². The van der Waals surface area contributed by atoms with Crippen molar-refractivity contribution in [1.82, 2.24) is 15.0 Å². The molecule has 0 N–H and O–H groups in total. The molecule has 1 atom stereocenters. The summed E-state index contributed by atoms with van der Waals surface area (Å²) in [6, 6.07) is 28.8. The maximum atomic E-state index is 6.33. The molecule has 31 heavy (non-hydrogen) atoms. The SMILES string of the molecule is Clc1nc(-c2cccc(-c3ccccc3)c2)nc(C2C=C(c3ccccc3)C=CC2)n1. The van der Waals surface area contributed by atoms with E-state index in [1.165, 1.54) is 11.1 Å². The first-order valence-electron chi connectivity index (χ1n) is 10.3. The summed E-state index contributed by atoms with van der Waals surface area (Å²) in [6.45, 7) is 0. The quantitative estimate of drug-likeness (QED) is 0.356. The number of allylic oxidation sites excluding steroid dienone is 4. The zero-order valence-electron chi connectivity index (χ0n) is 16.8. The second kappa shape index (κ2) is 8.66. The number of nitrogens with zero attached hydrogens (tertiary/aromatic N) is 3. The first-order chi connectivity index (χ1) is 15.3. The molecule has 1 heterocycles. The lowest BCUT2D eigenvalue weighted by molar-refractivity contribution is 0.763. The van der Waals surface area contributed by atoms with Gasteiger partial charge < -0.3 is 0 Å². The van der Waals surface area contributed by atoms with Crippen LogP contribution in [0.4, 0.5) is 0 Å². The molecule has 3 nitrogen and oxygen atoms in total. The molecule has 1 aliphatic carbocycles. The molecule has 0 aliphatic heterocycles. The van der Waals surface area contributed by atoms with Gasteiger partial charge in [-0.3, -0.25) is 0 Å². The van der Waals surface area contributed by atoms with E-state index in [0.717, 1.165) is 23.1 Å². The fraction of sp³-hybridized carbons (Fsp3) is 0.0741. The summed E-state index contributed by atoms with van der Waals surface area (Å²) in [5.74, 6) is 1.34. The minimum Gasteiger partial charge on any atom is -0.212 e. The van der Waals surface area contributed by atoms with Crippen molar-refractivity contribution < 1.29 is 0 Å². The van der Waals surface area contributed by atoms with Gasteiger partial charge in [0.15, 0.2) is 5.82 Å². The molecule has 4 heteroatoms. The third kappa shape index (κ3) is 4.32. The van der Waals surface area contributed by atoms with Crippen molar-refractivity contribution in [2.24, 2.45) is 0 Å². The number of benzene rings is 3. The number of aromatic nitrogens is 3. The molecule has 0 fully saturated rings. The van der Waals surface area contributed by atoms with Crippen LogP contribution in [0.2, 0.25) is 5.28 Å². The highest BCUT2D eigenvalue weighted by atomic mass is 35.5. The standard InChI is InChI=1S/C27H20ClN3/c28-27-30-25(23-15-7-13-21(17-23)19-9-3-1-4-10-19)29-26(31-27)24-16-8-14-22(18-24)20-11-5-2-6-12-20/h1-15,17-18,24H,16H2. The van der Waals surface area contributed by atoms with Gasteiger partial charge in [-0.2, -0.15) is 4.98 Å². The summed E-state index contributed by atoms with van der Waals surface area (Å²) in [5, 5.41) is 0.217. The molecule has 1 unspecified atom stereocenters. The Morgan fingerprint density at radius 2 is 1.35 bits per heavy atom. The highest BCUT2D eigenvalue weighted by Gasteiger charge is 2.18. The Kier molecular flexibility index (Phi) is 5.42. The molecular weight excluding hydrogens is 402 g/mol. The maximum absolute atomic E-state index is 6.33. The van der Waals surface area contributed by atoms with E-state index in [2.05, 4.69) is 64.6 Å². The molecule has 150 valence electrons. The minimum atomic E-state index is 0.0526. The van der Waals surface area contributed by atoms with E-state index < -0.39 is 0 Å². The van der Waals surface area contributed by atoms with E-state index in [1.54, 1.807) is 0 Å². The fourth-order valence-corrected chi connectivity index (χ4v) is 3.98. The molecule has 0 amide bonds. The van der Waals surface area contributed by atoms with Crippen LogP contribution in [0.5, 0.6) is 0 Å². The van der Waals surface area contributed by atoms with Crippen LogP contribution in [0.1, 0.15) is 23.7 Å². The van der Waals surface area contributed by atoms with E-state index in [4.69, 9.17) is 16.6 Å². The lowest BCUT2D eigenvalue weighted by Crippen LogP contribution is -2.07. The summed E-state index contributed by atoms with van der Waals surface area (Å²) < 4.78 is 0. The van der Waals surface area contributed by atoms with Crippen LogP contribution in [0.15, 0.2) is 103 Å². The van der Waals surface area contributed by atoms with Gasteiger partial charge in [0.25, 0.3) is 0 Å². The smallest absolute Gasteiger partial charge is 0.212 e. The van der Waals surface area contributed by atoms with Gasteiger partial charge in [0, 0.05) is 11.5 Å². The largest absolute Gasteiger partial charge is 0.226 e. The average Bonchev–Trinajstić information content (AvgIpc) is 2.85. The minimum absolute atomic E-state index is 0.0526. The van der Waals surface area contributed by atoms with Crippen molar-refractivity contribution >= 4 is 17.2 Å². The number of hydrogen-bond donors (Lipinski definition) is 0. The van der Waals surface area contributed by atoms with E-state index in [0.29, 0.717) is 11.6 Å². The second-order valence-corrected chi connectivity index (χ2v) is 7.80. The van der Waals surface area contributed by atoms with Gasteiger partial charge >= 0.3 is 0 Å². The van der Waals surface area contributed by atoms with Crippen molar-refractivity contribution in [3.8, 4) is 22.5 Å². The van der Waals surface area contributed by atoms with Gasteiger partial charge in [-0.05, 0) is 46.4 Å². The molecule has 1 aromatic heterocycles. The highest BCUT2D eigenvalue weighted by molar-refractivity contribution is 6.28. The zero-order valence-corrected chi connectivity index (χ0v) is 17.6. The normalized spacial score (nSPS) is 15.5. The number of hydrogen-bond acceptors (Lipinski definition) is 3. The summed E-state index contributed by atoms with van der Waals surface area (Å²) in [5.41, 5.74) is 5.53. The van der Waals surface area contributed by atoms with Crippen molar-refractivity contribution in [3.63, 3.8) is 0 Å². The molecule has 0 saturated carbocycles. The summed E-state index contributed by atoms with van der Waals surface area (Å²) >= 11 is 6.33. The molecule has 1 aliphatic rings. The van der Waals surface area contributed by atoms with Crippen LogP contribution < -0.4 is 0 Å². The van der Waals surface area contributed by atoms with Crippen molar-refractivity contribution in [2.75, 3.05) is 0 Å². The fourth-order valence-electron chi connectivity index (χ4n) is 3.81. The Bertz CT molecular complexity index is 1260. The van der Waals surface area contributed by atoms with Crippen molar-refractivity contribution in [1.29, 1.82) is 0 Å². The number of halogens is 1. The number of rotatable bonds is 4. The Hall–Kier alpha value is -3.56. The van der Waals surface area contributed by atoms with E-state index >= 15 is 0 Å². The van der Waals surface area contributed by atoms with Gasteiger partial charge in [0.05, 0.1) is 0 Å². The highest BCUT2D eigenvalue weighted by Crippen LogP contribution is 2.31. The van der Waals surface area contributed by atoms with Gasteiger partial charge in [-0.25, -0.2) is 9.97 Å². The van der Waals surface area contributed by atoms with E-state index in [1.807, 2.05) is 48.5 Å². The predicted octanol–water partition coefficient (Wildman–Crippen LogP) is 6.99. The molecule has 3 aromatic carbocycles. The van der Waals surface area contributed by atoms with E-state index in [-0.39, 0.29) is 11.2 Å². The van der Waals surface area contributed by atoms with Gasteiger partial charge in [0.1, 0.15) is 5.82 Å². The van der Waals surface area contributed by atoms with Gasteiger partial charge in [-0.15, -0.1) is 0 Å². The average molecular weight is 422 g/mol. The monoisotopic (exact) mass is 421 g/mol. The summed E-state index contributed by atoms with van der Waals surface area (Å²) in [4.78, 5) is 13.7. The van der Waals surface area contributed by atoms with Crippen molar-refractivity contribution in [2.45, 2.75) is 12.3 Å². The van der Waals surface area contributed by atoms with Crippen LogP contribution in [0, 0.1) is 0 Å². The molecule has 0 radical (unpaired) electrons. The molecular formula is C27H20ClN3. The summed E-state index contributed by atoms with van der Waals surface area (Å²) in [6.07, 6.45) is 7.37. The molecule has 0 spiro atoms. The molecule has 0 bridgehead atoms. The third-order valence-electron chi connectivity index (χ3n) is 5.36. The molecule has 0 saturated heterocycles. The Morgan fingerprint density at radius 3 is 2.13 bits per heavy atom. The van der Waals surface area contributed by atoms with Crippen LogP contribution in [0.25, 0.3) is 28.1 Å². The van der Waals surface area contributed by atoms with Gasteiger partial charge in [-0.1, -0.05) is 97.1 Å². The Balaban J connectivity index is 1.51. The Morgan fingerprint density at radius 1 is 0.677 bits per heavy atom. The lowest BCUT2D eigenvalue weighted by atomic mass is 9.92. The van der Waals surface area contributed by atoms with Crippen LogP contribution in [-0.4, -0.2) is 15.0 Å². The lowest BCUT2D eigenvalue weighted by Gasteiger charge is -2.16. The first-order valence-corrected chi connectivity index (χ1v) is 10.7. The Labute approximate surface area is 186 Å². The third-order valence-corrected chi connectivity index (χ3v) is 5.53. The first kappa shape index (κ1) is 19.4. The topological polar surface area (TPSA) is 38.7 Å². The van der Waals surface area contributed by atoms with Crippen molar-refractivity contribution in [3.05, 3.63) is 120 Å². The molecule has 4 aromatic rings. The summed E-state index contributed by atoms with van der Waals surface area (Å²) in [7, 11) is 0.